The Labute approximate surface area is 213 Å². The number of benzene rings is 2. The van der Waals surface area contributed by atoms with Crippen LogP contribution >= 0.6 is 16.8 Å². The number of hydrogen-bond acceptors (Lipinski definition) is 9. The largest absolute Gasteiger partial charge is 0.423 e. The van der Waals surface area contributed by atoms with Crippen LogP contribution in [0.3, 0.4) is 0 Å². The summed E-state index contributed by atoms with van der Waals surface area (Å²) in [6, 6.07) is 8.47. The van der Waals surface area contributed by atoms with E-state index in [-0.39, 0.29) is 28.3 Å². The zero-order valence-corrected chi connectivity index (χ0v) is 21.4. The smallest absolute Gasteiger partial charge is 0.349 e. The average molecular weight is 549 g/mol. The van der Waals surface area contributed by atoms with Gasteiger partial charge in [-0.1, -0.05) is 12.1 Å². The standard InChI is InChI=1S/C24H26FN3O7P2/c25-19-11-17-20(12-21(19)27-9-7-26-8-10-27)28(15-3-4-15)13-18(22(17)29)23(30)35-16-5-1-14(2-6-16)24(36(31)32)37(33)34/h1-2,5-6,11-13,15,24,26,31-34H,3-4,7-10H2. The molecule has 10 nitrogen and oxygen atoms in total. The second kappa shape index (κ2) is 10.7. The lowest BCUT2D eigenvalue weighted by molar-refractivity contribution is 0.0732. The van der Waals surface area contributed by atoms with E-state index < -0.39 is 39.4 Å². The molecule has 2 heterocycles. The van der Waals surface area contributed by atoms with Crippen molar-refractivity contribution in [1.29, 1.82) is 0 Å². The molecular weight excluding hydrogens is 523 g/mol. The molecule has 5 rings (SSSR count). The number of ether oxygens (including phenoxy) is 1. The summed E-state index contributed by atoms with van der Waals surface area (Å²) in [6.45, 7) is 2.78. The minimum Gasteiger partial charge on any atom is -0.423 e. The molecule has 1 saturated carbocycles. The predicted octanol–water partition coefficient (Wildman–Crippen LogP) is 2.70. The first-order valence-corrected chi connectivity index (χ1v) is 14.4. The Morgan fingerprint density at radius 3 is 2.30 bits per heavy atom. The van der Waals surface area contributed by atoms with Gasteiger partial charge in [0.2, 0.25) is 5.43 Å². The van der Waals surface area contributed by atoms with E-state index in [1.807, 2.05) is 9.47 Å². The Bertz CT molecular complexity index is 1370. The van der Waals surface area contributed by atoms with Gasteiger partial charge < -0.3 is 39.1 Å². The first-order valence-electron chi connectivity index (χ1n) is 11.7. The molecular formula is C24H26FN3O7P2. The SMILES string of the molecule is O=C(Oc1ccc(C(P(O)O)P(O)O)cc1)c1cn(C2CC2)c2cc(N3CCNCC3)c(F)cc2c1=O. The van der Waals surface area contributed by atoms with Gasteiger partial charge in [-0.2, -0.15) is 0 Å². The van der Waals surface area contributed by atoms with Gasteiger partial charge in [0.05, 0.1) is 11.2 Å². The van der Waals surface area contributed by atoms with Crippen molar-refractivity contribution in [2.75, 3.05) is 31.1 Å². The van der Waals surface area contributed by atoms with Crippen molar-refractivity contribution in [3.63, 3.8) is 0 Å². The van der Waals surface area contributed by atoms with E-state index >= 15 is 4.39 Å². The molecule has 2 aliphatic rings. The van der Waals surface area contributed by atoms with Crippen LogP contribution in [0.2, 0.25) is 0 Å². The van der Waals surface area contributed by atoms with Gasteiger partial charge in [-0.05, 0) is 42.7 Å². The third-order valence-corrected chi connectivity index (χ3v) is 9.26. The number of fused-ring (bicyclic) bond motifs is 1. The number of rotatable bonds is 7. The van der Waals surface area contributed by atoms with Crippen LogP contribution in [-0.4, -0.2) is 56.3 Å². The number of nitrogens with zero attached hydrogens (tertiary/aromatic N) is 2. The van der Waals surface area contributed by atoms with Crippen LogP contribution in [0.25, 0.3) is 10.9 Å². The number of hydrogen-bond donors (Lipinski definition) is 5. The van der Waals surface area contributed by atoms with Gasteiger partial charge in [0.1, 0.15) is 22.5 Å². The topological polar surface area (TPSA) is 144 Å². The summed E-state index contributed by atoms with van der Waals surface area (Å²) >= 11 is 0. The molecule has 0 unspecified atom stereocenters. The van der Waals surface area contributed by atoms with Crippen molar-refractivity contribution >= 4 is 39.3 Å². The predicted molar refractivity (Wildman–Crippen MR) is 138 cm³/mol. The highest BCUT2D eigenvalue weighted by Gasteiger charge is 2.30. The van der Waals surface area contributed by atoms with Crippen molar-refractivity contribution in [1.82, 2.24) is 9.88 Å². The number of nitrogens with one attached hydrogen (secondary N) is 1. The molecule has 5 N–H and O–H groups in total. The summed E-state index contributed by atoms with van der Waals surface area (Å²) in [6.07, 6.45) is 3.24. The molecule has 37 heavy (non-hydrogen) atoms. The van der Waals surface area contributed by atoms with Crippen LogP contribution in [0, 0.1) is 5.82 Å². The molecule has 1 aliphatic heterocycles. The maximum absolute atomic E-state index is 15.1. The zero-order chi connectivity index (χ0) is 26.3. The molecule has 0 radical (unpaired) electrons. The minimum atomic E-state index is -2.64. The summed E-state index contributed by atoms with van der Waals surface area (Å²) in [4.78, 5) is 66.1. The fourth-order valence-electron chi connectivity index (χ4n) is 4.54. The normalized spacial score (nSPS) is 16.3. The molecule has 2 aromatic carbocycles. The van der Waals surface area contributed by atoms with Crippen molar-refractivity contribution in [2.45, 2.75) is 24.3 Å². The molecule has 1 aromatic heterocycles. The minimum absolute atomic E-state index is 0.0746. The highest BCUT2D eigenvalue weighted by atomic mass is 31.2. The van der Waals surface area contributed by atoms with E-state index in [1.54, 1.807) is 6.07 Å². The maximum atomic E-state index is 15.1. The molecule has 0 bridgehead atoms. The van der Waals surface area contributed by atoms with E-state index in [0.29, 0.717) is 24.3 Å². The van der Waals surface area contributed by atoms with Gasteiger partial charge in [0, 0.05) is 43.8 Å². The van der Waals surface area contributed by atoms with Crippen molar-refractivity contribution in [2.24, 2.45) is 0 Å². The van der Waals surface area contributed by atoms with Gasteiger partial charge in [-0.25, -0.2) is 9.18 Å². The number of pyridine rings is 1. The summed E-state index contributed by atoms with van der Waals surface area (Å²) in [5.74, 6) is -1.36. The Kier molecular flexibility index (Phi) is 7.56. The fraction of sp³-hybridized carbons (Fsp3) is 0.333. The van der Waals surface area contributed by atoms with Crippen molar-refractivity contribution < 1.29 is 33.5 Å². The molecule has 196 valence electrons. The lowest BCUT2D eigenvalue weighted by Crippen LogP contribution is -2.43. The van der Waals surface area contributed by atoms with Gasteiger partial charge in [0.25, 0.3) is 0 Å². The quantitative estimate of drug-likeness (QED) is 0.171. The Morgan fingerprint density at radius 1 is 1.05 bits per heavy atom. The third kappa shape index (κ3) is 5.40. The number of piperazine rings is 1. The van der Waals surface area contributed by atoms with Crippen molar-refractivity contribution in [3.8, 4) is 5.75 Å². The first kappa shape index (κ1) is 26.1. The maximum Gasteiger partial charge on any atom is 0.349 e. The lowest BCUT2D eigenvalue weighted by atomic mass is 10.1. The molecule has 13 heteroatoms. The van der Waals surface area contributed by atoms with E-state index in [1.165, 1.54) is 36.5 Å². The number of anilines is 1. The molecule has 1 saturated heterocycles. The second-order valence-corrected chi connectivity index (χ2v) is 11.8. The van der Waals surface area contributed by atoms with Crippen LogP contribution in [0.5, 0.6) is 5.75 Å². The number of carbonyl (C=O) groups is 1. The van der Waals surface area contributed by atoms with Crippen LogP contribution in [0.4, 0.5) is 10.1 Å². The number of halogens is 1. The number of aromatic nitrogens is 1. The van der Waals surface area contributed by atoms with Gasteiger partial charge in [-0.15, -0.1) is 0 Å². The van der Waals surface area contributed by atoms with E-state index in [0.717, 1.165) is 25.9 Å². The summed E-state index contributed by atoms with van der Waals surface area (Å²) in [5, 5.41) is 2.09. The molecule has 2 fully saturated rings. The highest BCUT2D eigenvalue weighted by Crippen LogP contribution is 2.60. The molecule has 0 amide bonds. The summed E-state index contributed by atoms with van der Waals surface area (Å²) in [7, 11) is -5.27. The van der Waals surface area contributed by atoms with Crippen LogP contribution < -0.4 is 20.4 Å². The Morgan fingerprint density at radius 2 is 1.70 bits per heavy atom. The molecule has 0 spiro atoms. The van der Waals surface area contributed by atoms with Crippen LogP contribution in [0.1, 0.15) is 40.2 Å². The average Bonchev–Trinajstić information content (AvgIpc) is 3.71. The zero-order valence-electron chi connectivity index (χ0n) is 19.6. The molecule has 1 aliphatic carbocycles. The molecule has 0 atom stereocenters. The number of esters is 1. The Hall–Kier alpha value is -2.49. The summed E-state index contributed by atoms with van der Waals surface area (Å²) < 4.78 is 22.4. The van der Waals surface area contributed by atoms with Gasteiger partial charge in [0.15, 0.2) is 16.8 Å². The monoisotopic (exact) mass is 549 g/mol. The van der Waals surface area contributed by atoms with E-state index in [9.17, 15) is 29.2 Å². The second-order valence-electron chi connectivity index (χ2n) is 9.04. The van der Waals surface area contributed by atoms with Gasteiger partial charge >= 0.3 is 5.97 Å². The van der Waals surface area contributed by atoms with Crippen LogP contribution in [0.15, 0.2) is 47.4 Å². The van der Waals surface area contributed by atoms with E-state index in [2.05, 4.69) is 5.32 Å². The molecule has 3 aromatic rings. The van der Waals surface area contributed by atoms with Gasteiger partial charge in [-0.3, -0.25) is 4.79 Å². The van der Waals surface area contributed by atoms with Crippen LogP contribution in [-0.2, 0) is 0 Å². The third-order valence-electron chi connectivity index (χ3n) is 6.54. The fourth-order valence-corrected chi connectivity index (χ4v) is 6.15. The van der Waals surface area contributed by atoms with E-state index in [4.69, 9.17) is 4.74 Å². The summed E-state index contributed by atoms with van der Waals surface area (Å²) in [5.41, 5.74) is 0.407. The lowest BCUT2D eigenvalue weighted by Gasteiger charge is -2.30. The number of carbonyl (C=O) groups excluding carboxylic acids is 1. The Balaban J connectivity index is 1.47. The first-order chi connectivity index (χ1) is 17.7. The van der Waals surface area contributed by atoms with Crippen molar-refractivity contribution in [3.05, 3.63) is 69.8 Å². The highest BCUT2D eigenvalue weighted by molar-refractivity contribution is 7.63.